The Morgan fingerprint density at radius 2 is 2.00 bits per heavy atom. The molecule has 0 spiro atoms. The molecule has 1 N–H and O–H groups in total. The molecule has 3 amide bonds. The van der Waals surface area contributed by atoms with E-state index >= 15 is 0 Å². The molecule has 1 aliphatic rings. The van der Waals surface area contributed by atoms with E-state index in [2.05, 4.69) is 10.3 Å². The number of nitrogens with one attached hydrogen (secondary N) is 1. The Bertz CT molecular complexity index is 662. The van der Waals surface area contributed by atoms with Crippen molar-refractivity contribution in [3.8, 4) is 9.88 Å². The van der Waals surface area contributed by atoms with Gasteiger partial charge < -0.3 is 4.90 Å². The molecule has 6 nitrogen and oxygen atoms in total. The van der Waals surface area contributed by atoms with Crippen LogP contribution in [0.2, 0.25) is 0 Å². The highest BCUT2D eigenvalue weighted by Gasteiger charge is 2.28. The molecule has 1 saturated heterocycles. The normalized spacial score (nSPS) is 15.3. The van der Waals surface area contributed by atoms with Crippen molar-refractivity contribution >= 4 is 40.4 Å². The van der Waals surface area contributed by atoms with Crippen LogP contribution in [0.1, 0.15) is 10.5 Å². The van der Waals surface area contributed by atoms with Crippen molar-refractivity contribution in [2.75, 3.05) is 13.1 Å². The van der Waals surface area contributed by atoms with Crippen LogP contribution in [0.3, 0.4) is 0 Å². The standard InChI is InChI=1S/C12H9N3O3S2/c16-9-4-15(5-10(17)14-9)12(18)7-6-20-11(13-7)8-2-1-3-19-8/h1-3,6H,4-5H2,(H,14,16,17). The molecule has 0 unspecified atom stereocenters. The third-order valence-electron chi connectivity index (χ3n) is 2.69. The van der Waals surface area contributed by atoms with Gasteiger partial charge in [0, 0.05) is 5.38 Å². The first kappa shape index (κ1) is 12.9. The zero-order valence-corrected chi connectivity index (χ0v) is 11.8. The summed E-state index contributed by atoms with van der Waals surface area (Å²) in [7, 11) is 0. The number of hydrogen-bond donors (Lipinski definition) is 1. The number of rotatable bonds is 2. The van der Waals surface area contributed by atoms with Gasteiger partial charge in [-0.3, -0.25) is 19.7 Å². The summed E-state index contributed by atoms with van der Waals surface area (Å²) in [6.07, 6.45) is 0. The smallest absolute Gasteiger partial charge is 0.274 e. The van der Waals surface area contributed by atoms with Gasteiger partial charge in [0.2, 0.25) is 11.8 Å². The van der Waals surface area contributed by atoms with E-state index in [0.29, 0.717) is 0 Å². The van der Waals surface area contributed by atoms with E-state index in [9.17, 15) is 14.4 Å². The Morgan fingerprint density at radius 1 is 1.25 bits per heavy atom. The molecule has 2 aromatic heterocycles. The van der Waals surface area contributed by atoms with Crippen molar-refractivity contribution in [2.24, 2.45) is 0 Å². The zero-order valence-electron chi connectivity index (χ0n) is 10.2. The van der Waals surface area contributed by atoms with Crippen LogP contribution in [-0.2, 0) is 9.59 Å². The Labute approximate surface area is 122 Å². The lowest BCUT2D eigenvalue weighted by molar-refractivity contribution is -0.135. The van der Waals surface area contributed by atoms with E-state index in [1.165, 1.54) is 16.2 Å². The lowest BCUT2D eigenvalue weighted by Crippen LogP contribution is -2.53. The average Bonchev–Trinajstić information content (AvgIpc) is 3.07. The number of thiophene rings is 1. The van der Waals surface area contributed by atoms with Crippen molar-refractivity contribution < 1.29 is 14.4 Å². The number of aromatic nitrogens is 1. The monoisotopic (exact) mass is 307 g/mol. The van der Waals surface area contributed by atoms with Crippen LogP contribution in [0.4, 0.5) is 0 Å². The summed E-state index contributed by atoms with van der Waals surface area (Å²) in [5.74, 6) is -1.33. The number of carbonyl (C=O) groups excluding carboxylic acids is 3. The van der Waals surface area contributed by atoms with E-state index < -0.39 is 17.7 Å². The lowest BCUT2D eigenvalue weighted by Gasteiger charge is -2.24. The van der Waals surface area contributed by atoms with Crippen LogP contribution in [0.25, 0.3) is 9.88 Å². The molecule has 0 atom stereocenters. The Hall–Kier alpha value is -2.06. The highest BCUT2D eigenvalue weighted by molar-refractivity contribution is 7.20. The molecule has 8 heteroatoms. The van der Waals surface area contributed by atoms with Gasteiger partial charge in [-0.2, -0.15) is 0 Å². The second-order valence-electron chi connectivity index (χ2n) is 4.15. The predicted molar refractivity (Wildman–Crippen MR) is 74.5 cm³/mol. The minimum absolute atomic E-state index is 0.115. The zero-order chi connectivity index (χ0) is 14.1. The number of imide groups is 1. The molecule has 102 valence electrons. The molecular formula is C12H9N3O3S2. The SMILES string of the molecule is O=C1CN(C(=O)c2csc(-c3cccs3)n2)CC(=O)N1. The fourth-order valence-electron chi connectivity index (χ4n) is 1.83. The minimum atomic E-state index is -0.469. The quantitative estimate of drug-likeness (QED) is 0.839. The summed E-state index contributed by atoms with van der Waals surface area (Å²) < 4.78 is 0. The molecule has 0 radical (unpaired) electrons. The Balaban J connectivity index is 1.81. The van der Waals surface area contributed by atoms with Crippen molar-refractivity contribution in [1.82, 2.24) is 15.2 Å². The predicted octanol–water partition coefficient (Wildman–Crippen LogP) is 0.970. The number of nitrogens with zero attached hydrogens (tertiary/aromatic N) is 2. The van der Waals surface area contributed by atoms with Gasteiger partial charge in [-0.05, 0) is 11.4 Å². The first-order valence-corrected chi connectivity index (χ1v) is 7.51. The van der Waals surface area contributed by atoms with Gasteiger partial charge in [-0.1, -0.05) is 6.07 Å². The molecule has 3 rings (SSSR count). The second kappa shape index (κ2) is 5.14. The highest BCUT2D eigenvalue weighted by atomic mass is 32.1. The van der Waals surface area contributed by atoms with Crippen LogP contribution in [0.5, 0.6) is 0 Å². The molecule has 1 aliphatic heterocycles. The Morgan fingerprint density at radius 3 is 2.65 bits per heavy atom. The van der Waals surface area contributed by atoms with Gasteiger partial charge in [0.15, 0.2) is 0 Å². The van der Waals surface area contributed by atoms with Crippen LogP contribution >= 0.6 is 22.7 Å². The fourth-order valence-corrected chi connectivity index (χ4v) is 3.44. The third kappa shape index (κ3) is 2.47. The second-order valence-corrected chi connectivity index (χ2v) is 5.95. The van der Waals surface area contributed by atoms with Gasteiger partial charge >= 0.3 is 0 Å². The minimum Gasteiger partial charge on any atom is -0.319 e. The van der Waals surface area contributed by atoms with Crippen LogP contribution in [0, 0.1) is 0 Å². The molecule has 2 aromatic rings. The number of thiazole rings is 1. The fraction of sp³-hybridized carbons (Fsp3) is 0.167. The maximum absolute atomic E-state index is 12.2. The molecule has 3 heterocycles. The first-order chi connectivity index (χ1) is 9.63. The van der Waals surface area contributed by atoms with E-state index in [0.717, 1.165) is 9.88 Å². The van der Waals surface area contributed by atoms with E-state index in [4.69, 9.17) is 0 Å². The van der Waals surface area contributed by atoms with Crippen molar-refractivity contribution in [3.63, 3.8) is 0 Å². The number of hydrogen-bond acceptors (Lipinski definition) is 6. The van der Waals surface area contributed by atoms with Gasteiger partial charge in [0.1, 0.15) is 23.8 Å². The molecule has 1 fully saturated rings. The topological polar surface area (TPSA) is 79.4 Å². The summed E-state index contributed by atoms with van der Waals surface area (Å²) in [6, 6.07) is 3.84. The number of carbonyl (C=O) groups is 3. The average molecular weight is 307 g/mol. The summed E-state index contributed by atoms with van der Waals surface area (Å²) in [6.45, 7) is -0.229. The van der Waals surface area contributed by atoms with Crippen molar-refractivity contribution in [1.29, 1.82) is 0 Å². The van der Waals surface area contributed by atoms with Crippen LogP contribution < -0.4 is 5.32 Å². The molecule has 0 bridgehead atoms. The molecule has 0 aliphatic carbocycles. The maximum atomic E-state index is 12.2. The third-order valence-corrected chi connectivity index (χ3v) is 4.57. The number of piperazine rings is 1. The molecular weight excluding hydrogens is 298 g/mol. The van der Waals surface area contributed by atoms with E-state index in [1.807, 2.05) is 17.5 Å². The lowest BCUT2D eigenvalue weighted by atomic mass is 10.3. The highest BCUT2D eigenvalue weighted by Crippen LogP contribution is 2.28. The summed E-state index contributed by atoms with van der Waals surface area (Å²) >= 11 is 2.91. The van der Waals surface area contributed by atoms with Gasteiger partial charge in [0.05, 0.1) is 4.88 Å². The van der Waals surface area contributed by atoms with Gasteiger partial charge in [-0.15, -0.1) is 22.7 Å². The molecule has 0 aromatic carbocycles. The maximum Gasteiger partial charge on any atom is 0.274 e. The van der Waals surface area contributed by atoms with Gasteiger partial charge in [-0.25, -0.2) is 4.98 Å². The molecule has 20 heavy (non-hydrogen) atoms. The summed E-state index contributed by atoms with van der Waals surface area (Å²) in [4.78, 5) is 41.2. The van der Waals surface area contributed by atoms with Crippen LogP contribution in [0.15, 0.2) is 22.9 Å². The number of amides is 3. The van der Waals surface area contributed by atoms with Gasteiger partial charge in [0.25, 0.3) is 5.91 Å². The summed E-state index contributed by atoms with van der Waals surface area (Å²) in [5.41, 5.74) is 0.265. The van der Waals surface area contributed by atoms with Crippen LogP contribution in [-0.4, -0.2) is 40.7 Å². The first-order valence-electron chi connectivity index (χ1n) is 5.75. The van der Waals surface area contributed by atoms with Crippen molar-refractivity contribution in [3.05, 3.63) is 28.6 Å². The van der Waals surface area contributed by atoms with E-state index in [1.54, 1.807) is 16.7 Å². The largest absolute Gasteiger partial charge is 0.319 e. The summed E-state index contributed by atoms with van der Waals surface area (Å²) in [5, 5.41) is 6.50. The van der Waals surface area contributed by atoms with E-state index in [-0.39, 0.29) is 18.8 Å². The Kier molecular flexibility index (Phi) is 3.33. The van der Waals surface area contributed by atoms with Crippen molar-refractivity contribution in [2.45, 2.75) is 0 Å². The molecule has 0 saturated carbocycles.